The summed E-state index contributed by atoms with van der Waals surface area (Å²) in [7, 11) is 0. The molecule has 2 aliphatic heterocycles. The summed E-state index contributed by atoms with van der Waals surface area (Å²) >= 11 is 6.21. The molecule has 6 rings (SSSR count). The number of halogens is 1. The number of benzene rings is 1. The van der Waals surface area contributed by atoms with Crippen molar-refractivity contribution in [2.45, 2.75) is 31.8 Å². The lowest BCUT2D eigenvalue weighted by Crippen LogP contribution is -2.43. The van der Waals surface area contributed by atoms with Crippen LogP contribution in [0.15, 0.2) is 49.2 Å². The standard InChI is InChI=1S/C22H21ClN8O/c1-2-17-21-28-26-13-30(21)18-11-25-22(27-20(18)31(17)16-6-9-32-12-16)29-8-7-24-19(29)14-4-3-5-15(23)10-14/h3-5,7-8,10-11,13,16-17H,2,6,9,12H2,1H3. The maximum atomic E-state index is 6.21. The van der Waals surface area contributed by atoms with Crippen molar-refractivity contribution in [3.8, 4) is 23.0 Å². The Bertz CT molecular complexity index is 1280. The number of nitrogens with zero attached hydrogens (tertiary/aromatic N) is 8. The van der Waals surface area contributed by atoms with Crippen molar-refractivity contribution in [1.82, 2.24) is 34.3 Å². The predicted octanol–water partition coefficient (Wildman–Crippen LogP) is 3.62. The van der Waals surface area contributed by atoms with E-state index in [0.29, 0.717) is 17.6 Å². The minimum atomic E-state index is 0.0645. The van der Waals surface area contributed by atoms with Gasteiger partial charge in [-0.3, -0.25) is 9.13 Å². The molecule has 0 N–H and O–H groups in total. The second kappa shape index (κ2) is 7.68. The second-order valence-corrected chi connectivity index (χ2v) is 8.35. The normalized spacial score (nSPS) is 19.8. The summed E-state index contributed by atoms with van der Waals surface area (Å²) in [4.78, 5) is 16.6. The number of fused-ring (bicyclic) bond motifs is 3. The molecule has 0 amide bonds. The maximum absolute atomic E-state index is 6.21. The largest absolute Gasteiger partial charge is 0.379 e. The summed E-state index contributed by atoms with van der Waals surface area (Å²) in [6.45, 7) is 3.58. The molecule has 2 atom stereocenters. The minimum Gasteiger partial charge on any atom is -0.379 e. The first-order valence-corrected chi connectivity index (χ1v) is 11.1. The summed E-state index contributed by atoms with van der Waals surface area (Å²) in [5.41, 5.74) is 1.77. The van der Waals surface area contributed by atoms with Crippen molar-refractivity contribution in [2.24, 2.45) is 0 Å². The van der Waals surface area contributed by atoms with Gasteiger partial charge in [0.05, 0.1) is 24.9 Å². The fraction of sp³-hybridized carbons (Fsp3) is 0.318. The van der Waals surface area contributed by atoms with E-state index in [9.17, 15) is 0 Å². The minimum absolute atomic E-state index is 0.0645. The van der Waals surface area contributed by atoms with E-state index in [4.69, 9.17) is 21.3 Å². The van der Waals surface area contributed by atoms with Crippen LogP contribution < -0.4 is 4.90 Å². The third-order valence-corrected chi connectivity index (χ3v) is 6.31. The highest BCUT2D eigenvalue weighted by molar-refractivity contribution is 6.30. The number of hydrogen-bond donors (Lipinski definition) is 0. The van der Waals surface area contributed by atoms with Crippen molar-refractivity contribution in [2.75, 3.05) is 18.1 Å². The molecule has 1 saturated heterocycles. The van der Waals surface area contributed by atoms with Gasteiger partial charge in [0.2, 0.25) is 5.95 Å². The van der Waals surface area contributed by atoms with Crippen molar-refractivity contribution in [3.05, 3.63) is 60.0 Å². The molecule has 5 heterocycles. The van der Waals surface area contributed by atoms with E-state index in [0.717, 1.165) is 48.2 Å². The van der Waals surface area contributed by atoms with Crippen molar-refractivity contribution >= 4 is 17.4 Å². The molecule has 0 spiro atoms. The maximum Gasteiger partial charge on any atom is 0.237 e. The zero-order valence-corrected chi connectivity index (χ0v) is 18.2. The van der Waals surface area contributed by atoms with E-state index in [2.05, 4.69) is 32.0 Å². The van der Waals surface area contributed by atoms with Gasteiger partial charge >= 0.3 is 0 Å². The number of aromatic nitrogens is 7. The lowest BCUT2D eigenvalue weighted by molar-refractivity contribution is 0.191. The molecule has 0 radical (unpaired) electrons. The third kappa shape index (κ3) is 3.00. The number of ether oxygens (including phenoxy) is 1. The number of imidazole rings is 1. The van der Waals surface area contributed by atoms with E-state index in [1.165, 1.54) is 0 Å². The van der Waals surface area contributed by atoms with Gasteiger partial charge in [-0.1, -0.05) is 30.7 Å². The highest BCUT2D eigenvalue weighted by atomic mass is 35.5. The van der Waals surface area contributed by atoms with Crippen molar-refractivity contribution in [1.29, 1.82) is 0 Å². The molecule has 10 heteroatoms. The molecule has 162 valence electrons. The van der Waals surface area contributed by atoms with Crippen LogP contribution in [0.5, 0.6) is 0 Å². The molecule has 2 unspecified atom stereocenters. The Balaban J connectivity index is 1.51. The first-order valence-electron chi connectivity index (χ1n) is 10.7. The van der Waals surface area contributed by atoms with Crippen LogP contribution in [-0.4, -0.2) is 53.5 Å². The Morgan fingerprint density at radius 2 is 2.16 bits per heavy atom. The highest BCUT2D eigenvalue weighted by Gasteiger charge is 2.39. The molecule has 1 fully saturated rings. The van der Waals surface area contributed by atoms with E-state index in [1.807, 2.05) is 45.8 Å². The quantitative estimate of drug-likeness (QED) is 0.471. The van der Waals surface area contributed by atoms with Crippen LogP contribution in [0.2, 0.25) is 5.02 Å². The molecule has 4 aromatic rings. The fourth-order valence-corrected chi connectivity index (χ4v) is 4.81. The average Bonchev–Trinajstić information content (AvgIpc) is 3.59. The number of anilines is 1. The van der Waals surface area contributed by atoms with Gasteiger partial charge in [-0.2, -0.15) is 4.98 Å². The first kappa shape index (κ1) is 19.4. The number of rotatable bonds is 4. The molecule has 2 aliphatic rings. The Labute approximate surface area is 189 Å². The summed E-state index contributed by atoms with van der Waals surface area (Å²) in [5, 5.41) is 9.23. The van der Waals surface area contributed by atoms with Crippen LogP contribution in [-0.2, 0) is 4.74 Å². The fourth-order valence-electron chi connectivity index (χ4n) is 4.62. The molecule has 0 saturated carbocycles. The molecule has 0 bridgehead atoms. The van der Waals surface area contributed by atoms with E-state index >= 15 is 0 Å². The third-order valence-electron chi connectivity index (χ3n) is 6.07. The SMILES string of the molecule is CCC1c2nncn2-c2cnc(-n3ccnc3-c3cccc(Cl)c3)nc2N1C1CCOC1. The van der Waals surface area contributed by atoms with Gasteiger partial charge in [0.15, 0.2) is 11.6 Å². The monoisotopic (exact) mass is 448 g/mol. The van der Waals surface area contributed by atoms with Gasteiger partial charge in [-0.05, 0) is 25.0 Å². The van der Waals surface area contributed by atoms with Crippen molar-refractivity contribution in [3.63, 3.8) is 0 Å². The molecule has 3 aromatic heterocycles. The van der Waals surface area contributed by atoms with E-state index in [1.54, 1.807) is 12.5 Å². The van der Waals surface area contributed by atoms with Crippen LogP contribution in [0.4, 0.5) is 5.82 Å². The van der Waals surface area contributed by atoms with Crippen LogP contribution in [0.3, 0.4) is 0 Å². The molecule has 1 aromatic carbocycles. The molecular weight excluding hydrogens is 428 g/mol. The Morgan fingerprint density at radius 3 is 2.97 bits per heavy atom. The summed E-state index contributed by atoms with van der Waals surface area (Å²) < 4.78 is 9.60. The lowest BCUT2D eigenvalue weighted by atomic mass is 10.1. The Kier molecular flexibility index (Phi) is 4.65. The van der Waals surface area contributed by atoms with Crippen LogP contribution in [0, 0.1) is 0 Å². The first-order chi connectivity index (χ1) is 15.7. The zero-order valence-electron chi connectivity index (χ0n) is 17.5. The van der Waals surface area contributed by atoms with Gasteiger partial charge in [-0.25, -0.2) is 9.97 Å². The van der Waals surface area contributed by atoms with Gasteiger partial charge in [-0.15, -0.1) is 10.2 Å². The van der Waals surface area contributed by atoms with Crippen LogP contribution >= 0.6 is 11.6 Å². The smallest absolute Gasteiger partial charge is 0.237 e. The van der Waals surface area contributed by atoms with Crippen LogP contribution in [0.1, 0.15) is 31.6 Å². The topological polar surface area (TPSA) is 86.8 Å². The van der Waals surface area contributed by atoms with Gasteiger partial charge in [0.25, 0.3) is 0 Å². The molecule has 32 heavy (non-hydrogen) atoms. The highest BCUT2D eigenvalue weighted by Crippen LogP contribution is 2.40. The summed E-state index contributed by atoms with van der Waals surface area (Å²) in [6.07, 6.45) is 9.01. The summed E-state index contributed by atoms with van der Waals surface area (Å²) in [6, 6.07) is 7.90. The van der Waals surface area contributed by atoms with E-state index in [-0.39, 0.29) is 12.1 Å². The predicted molar refractivity (Wildman–Crippen MR) is 119 cm³/mol. The zero-order chi connectivity index (χ0) is 21.7. The van der Waals surface area contributed by atoms with Gasteiger partial charge in [0, 0.05) is 29.6 Å². The van der Waals surface area contributed by atoms with Gasteiger partial charge < -0.3 is 9.64 Å². The molecular formula is C22H21ClN8O. The Morgan fingerprint density at radius 1 is 1.22 bits per heavy atom. The van der Waals surface area contributed by atoms with Gasteiger partial charge in [0.1, 0.15) is 17.8 Å². The average molecular weight is 449 g/mol. The lowest BCUT2D eigenvalue weighted by Gasteiger charge is -2.40. The number of hydrogen-bond acceptors (Lipinski definition) is 7. The van der Waals surface area contributed by atoms with Crippen molar-refractivity contribution < 1.29 is 4.74 Å². The van der Waals surface area contributed by atoms with Crippen LogP contribution in [0.25, 0.3) is 23.0 Å². The second-order valence-electron chi connectivity index (χ2n) is 7.92. The molecule has 0 aliphatic carbocycles. The molecule has 9 nitrogen and oxygen atoms in total. The van der Waals surface area contributed by atoms with E-state index < -0.39 is 0 Å². The summed E-state index contributed by atoms with van der Waals surface area (Å²) in [5.74, 6) is 3.04. The Hall–Kier alpha value is -3.30.